The quantitative estimate of drug-likeness (QED) is 0.554. The molecular formula is C25H24FN3O5. The van der Waals surface area contributed by atoms with E-state index in [4.69, 9.17) is 9.26 Å². The fourth-order valence-corrected chi connectivity index (χ4v) is 3.82. The van der Waals surface area contributed by atoms with E-state index in [2.05, 4.69) is 10.5 Å². The summed E-state index contributed by atoms with van der Waals surface area (Å²) in [6, 6.07) is 15.6. The van der Waals surface area contributed by atoms with E-state index < -0.39 is 29.7 Å². The van der Waals surface area contributed by atoms with E-state index in [1.54, 1.807) is 48.2 Å². The number of aromatic nitrogens is 1. The van der Waals surface area contributed by atoms with Crippen LogP contribution in [-0.2, 0) is 14.3 Å². The molecule has 3 aromatic rings. The first-order chi connectivity index (χ1) is 16.4. The first-order valence-corrected chi connectivity index (χ1v) is 10.9. The third kappa shape index (κ3) is 5.48. The van der Waals surface area contributed by atoms with E-state index >= 15 is 0 Å². The molecule has 0 bridgehead atoms. The van der Waals surface area contributed by atoms with Gasteiger partial charge in [0, 0.05) is 30.3 Å². The molecule has 2 aromatic carbocycles. The monoisotopic (exact) mass is 465 g/mol. The first kappa shape index (κ1) is 23.2. The number of nitrogens with one attached hydrogen (secondary N) is 1. The number of esters is 1. The summed E-state index contributed by atoms with van der Waals surface area (Å²) in [6.45, 7) is 2.41. The summed E-state index contributed by atoms with van der Waals surface area (Å²) in [5, 5.41) is 6.36. The highest BCUT2D eigenvalue weighted by molar-refractivity contribution is 5.96. The van der Waals surface area contributed by atoms with E-state index in [-0.39, 0.29) is 11.7 Å². The molecule has 34 heavy (non-hydrogen) atoms. The van der Waals surface area contributed by atoms with Gasteiger partial charge >= 0.3 is 5.97 Å². The Kier molecular flexibility index (Phi) is 7.01. The van der Waals surface area contributed by atoms with Gasteiger partial charge in [-0.1, -0.05) is 35.5 Å². The fraction of sp³-hybridized carbons (Fsp3) is 0.280. The molecular weight excluding hydrogens is 441 g/mol. The zero-order valence-electron chi connectivity index (χ0n) is 18.6. The van der Waals surface area contributed by atoms with Crippen LogP contribution in [0.2, 0.25) is 0 Å². The lowest BCUT2D eigenvalue weighted by molar-refractivity contribution is -0.160. The lowest BCUT2D eigenvalue weighted by atomic mass is 9.96. The number of ether oxygens (including phenoxy) is 1. The van der Waals surface area contributed by atoms with Gasteiger partial charge in [0.25, 0.3) is 11.8 Å². The molecule has 1 saturated heterocycles. The first-order valence-electron chi connectivity index (χ1n) is 10.9. The molecule has 1 unspecified atom stereocenters. The zero-order valence-corrected chi connectivity index (χ0v) is 18.6. The number of carbonyl (C=O) groups is 3. The van der Waals surface area contributed by atoms with Crippen molar-refractivity contribution in [3.63, 3.8) is 0 Å². The Morgan fingerprint density at radius 1 is 1.09 bits per heavy atom. The van der Waals surface area contributed by atoms with Crippen LogP contribution in [0.5, 0.6) is 0 Å². The number of hydrogen-bond donors (Lipinski definition) is 1. The number of carbonyl (C=O) groups excluding carboxylic acids is 3. The van der Waals surface area contributed by atoms with Gasteiger partial charge in [0.1, 0.15) is 11.6 Å². The minimum absolute atomic E-state index is 0.212. The molecule has 1 fully saturated rings. The van der Waals surface area contributed by atoms with Crippen molar-refractivity contribution in [2.45, 2.75) is 25.9 Å². The third-order valence-corrected chi connectivity index (χ3v) is 5.66. The van der Waals surface area contributed by atoms with Gasteiger partial charge < -0.3 is 19.5 Å². The van der Waals surface area contributed by atoms with E-state index in [9.17, 15) is 18.8 Å². The van der Waals surface area contributed by atoms with Gasteiger partial charge in [-0.3, -0.25) is 14.4 Å². The Hall–Kier alpha value is -4.01. The number of anilines is 1. The number of rotatable bonds is 6. The highest BCUT2D eigenvalue weighted by atomic mass is 19.1. The molecule has 1 atom stereocenters. The molecule has 0 aliphatic carbocycles. The highest BCUT2D eigenvalue weighted by Gasteiger charge is 2.33. The molecule has 1 N–H and O–H groups in total. The SMILES string of the molecule is Cc1cc(NC(=O)C(OC(=O)C2CCN(C(=O)c3ccc(F)cc3)CC2)c2ccccc2)no1. The number of hydrogen-bond acceptors (Lipinski definition) is 6. The molecule has 1 aliphatic rings. The summed E-state index contributed by atoms with van der Waals surface area (Å²) < 4.78 is 23.8. The lowest BCUT2D eigenvalue weighted by Crippen LogP contribution is -2.41. The zero-order chi connectivity index (χ0) is 24.1. The minimum Gasteiger partial charge on any atom is -0.447 e. The van der Waals surface area contributed by atoms with Crippen LogP contribution < -0.4 is 5.32 Å². The van der Waals surface area contributed by atoms with Crippen LogP contribution in [0, 0.1) is 18.7 Å². The molecule has 9 heteroatoms. The summed E-state index contributed by atoms with van der Waals surface area (Å²) in [6.07, 6.45) is -0.362. The standard InChI is InChI=1S/C25H24FN3O5/c1-16-15-21(28-34-16)27-23(30)22(17-5-3-2-4-6-17)33-25(32)19-11-13-29(14-12-19)24(31)18-7-9-20(26)10-8-18/h2-10,15,19,22H,11-14H2,1H3,(H,27,28,30). The van der Waals surface area contributed by atoms with Crippen LogP contribution in [0.3, 0.4) is 0 Å². The van der Waals surface area contributed by atoms with Crippen molar-refractivity contribution in [2.24, 2.45) is 5.92 Å². The normalized spacial score (nSPS) is 14.9. The number of likely N-dealkylation sites (tertiary alicyclic amines) is 1. The number of halogens is 1. The van der Waals surface area contributed by atoms with Gasteiger partial charge in [0.2, 0.25) is 6.10 Å². The molecule has 2 heterocycles. The summed E-state index contributed by atoms with van der Waals surface area (Å²) >= 11 is 0. The molecule has 2 amide bonds. The maximum atomic E-state index is 13.1. The Balaban J connectivity index is 1.39. The van der Waals surface area contributed by atoms with Gasteiger partial charge in [-0.25, -0.2) is 4.39 Å². The van der Waals surface area contributed by atoms with Crippen LogP contribution in [0.4, 0.5) is 10.2 Å². The molecule has 0 radical (unpaired) electrons. The third-order valence-electron chi connectivity index (χ3n) is 5.66. The molecule has 1 aromatic heterocycles. The number of piperidine rings is 1. The lowest BCUT2D eigenvalue weighted by Gasteiger charge is -2.31. The Labute approximate surface area is 195 Å². The number of benzene rings is 2. The van der Waals surface area contributed by atoms with Crippen LogP contribution in [0.1, 0.15) is 40.6 Å². The van der Waals surface area contributed by atoms with Crippen molar-refractivity contribution in [1.29, 1.82) is 0 Å². The Morgan fingerprint density at radius 2 is 1.76 bits per heavy atom. The summed E-state index contributed by atoms with van der Waals surface area (Å²) in [5.41, 5.74) is 0.920. The van der Waals surface area contributed by atoms with Crippen molar-refractivity contribution in [3.05, 3.63) is 83.4 Å². The Bertz CT molecular complexity index is 1150. The highest BCUT2D eigenvalue weighted by Crippen LogP contribution is 2.26. The van der Waals surface area contributed by atoms with Crippen molar-refractivity contribution in [2.75, 3.05) is 18.4 Å². The number of aryl methyl sites for hydroxylation is 1. The van der Waals surface area contributed by atoms with Crippen LogP contribution >= 0.6 is 0 Å². The average Bonchev–Trinajstić information content (AvgIpc) is 3.27. The van der Waals surface area contributed by atoms with Gasteiger partial charge in [-0.2, -0.15) is 0 Å². The minimum atomic E-state index is -1.16. The van der Waals surface area contributed by atoms with E-state index in [1.807, 2.05) is 0 Å². The van der Waals surface area contributed by atoms with Gasteiger partial charge in [-0.15, -0.1) is 0 Å². The van der Waals surface area contributed by atoms with E-state index in [1.165, 1.54) is 24.3 Å². The van der Waals surface area contributed by atoms with Gasteiger partial charge in [0.15, 0.2) is 5.82 Å². The second kappa shape index (κ2) is 10.3. The van der Waals surface area contributed by atoms with E-state index in [0.29, 0.717) is 42.8 Å². The predicted octanol–water partition coefficient (Wildman–Crippen LogP) is 3.90. The number of nitrogens with zero attached hydrogens (tertiary/aromatic N) is 2. The molecule has 8 nitrogen and oxygen atoms in total. The summed E-state index contributed by atoms with van der Waals surface area (Å²) in [5.74, 6) is -1.36. The smallest absolute Gasteiger partial charge is 0.310 e. The summed E-state index contributed by atoms with van der Waals surface area (Å²) in [7, 11) is 0. The van der Waals surface area contributed by atoms with Crippen LogP contribution in [-0.4, -0.2) is 40.9 Å². The Morgan fingerprint density at radius 3 is 2.38 bits per heavy atom. The second-order valence-electron chi connectivity index (χ2n) is 8.11. The molecule has 0 saturated carbocycles. The average molecular weight is 465 g/mol. The maximum Gasteiger partial charge on any atom is 0.310 e. The largest absolute Gasteiger partial charge is 0.447 e. The molecule has 4 rings (SSSR count). The van der Waals surface area contributed by atoms with Crippen molar-refractivity contribution in [1.82, 2.24) is 10.1 Å². The molecule has 176 valence electrons. The van der Waals surface area contributed by atoms with Crippen LogP contribution in [0.15, 0.2) is 65.2 Å². The topological polar surface area (TPSA) is 102 Å². The van der Waals surface area contributed by atoms with Crippen LogP contribution in [0.25, 0.3) is 0 Å². The number of amides is 2. The van der Waals surface area contributed by atoms with Crippen molar-refractivity contribution >= 4 is 23.6 Å². The second-order valence-corrected chi connectivity index (χ2v) is 8.11. The molecule has 0 spiro atoms. The van der Waals surface area contributed by atoms with Crippen molar-refractivity contribution in [3.8, 4) is 0 Å². The van der Waals surface area contributed by atoms with Gasteiger partial charge in [-0.05, 0) is 44.0 Å². The van der Waals surface area contributed by atoms with Gasteiger partial charge in [0.05, 0.1) is 5.92 Å². The predicted molar refractivity (Wildman–Crippen MR) is 120 cm³/mol. The van der Waals surface area contributed by atoms with Crippen molar-refractivity contribution < 1.29 is 28.0 Å². The van der Waals surface area contributed by atoms with E-state index in [0.717, 1.165) is 0 Å². The maximum absolute atomic E-state index is 13.1. The fourth-order valence-electron chi connectivity index (χ4n) is 3.82. The summed E-state index contributed by atoms with van der Waals surface area (Å²) in [4.78, 5) is 40.1. The molecule has 1 aliphatic heterocycles.